The molecule has 0 saturated carbocycles. The summed E-state index contributed by atoms with van der Waals surface area (Å²) in [7, 11) is 0. The first-order valence-corrected chi connectivity index (χ1v) is 7.88. The van der Waals surface area contributed by atoms with Crippen LogP contribution in [0.15, 0.2) is 48.7 Å². The van der Waals surface area contributed by atoms with Crippen molar-refractivity contribution in [1.29, 1.82) is 0 Å². The van der Waals surface area contributed by atoms with Gasteiger partial charge in [0.1, 0.15) is 5.69 Å². The Kier molecular flexibility index (Phi) is 3.46. The predicted octanol–water partition coefficient (Wildman–Crippen LogP) is 3.36. The van der Waals surface area contributed by atoms with E-state index in [0.29, 0.717) is 16.5 Å². The highest BCUT2D eigenvalue weighted by Crippen LogP contribution is 2.20. The van der Waals surface area contributed by atoms with Crippen LogP contribution in [-0.4, -0.2) is 25.5 Å². The molecule has 0 aliphatic carbocycles. The zero-order valence-electron chi connectivity index (χ0n) is 12.8. The van der Waals surface area contributed by atoms with Crippen molar-refractivity contribution in [2.24, 2.45) is 0 Å². The highest BCUT2D eigenvalue weighted by Gasteiger charge is 2.17. The highest BCUT2D eigenvalue weighted by molar-refractivity contribution is 6.31. The molecule has 1 atom stereocenters. The van der Waals surface area contributed by atoms with E-state index in [1.807, 2.05) is 47.9 Å². The Bertz CT molecular complexity index is 1050. The number of carbonyl (C=O) groups excluding carboxylic acids is 1. The van der Waals surface area contributed by atoms with Crippen molar-refractivity contribution in [1.82, 2.24) is 24.9 Å². The number of pyridine rings is 1. The molecule has 0 saturated heterocycles. The Balaban J connectivity index is 1.60. The van der Waals surface area contributed by atoms with Crippen LogP contribution < -0.4 is 5.32 Å². The van der Waals surface area contributed by atoms with E-state index in [1.54, 1.807) is 12.1 Å². The number of aromatic nitrogens is 4. The van der Waals surface area contributed by atoms with Crippen LogP contribution in [0.3, 0.4) is 0 Å². The van der Waals surface area contributed by atoms with Gasteiger partial charge >= 0.3 is 0 Å². The van der Waals surface area contributed by atoms with Crippen molar-refractivity contribution in [2.45, 2.75) is 13.0 Å². The van der Waals surface area contributed by atoms with Crippen LogP contribution in [0, 0.1) is 0 Å². The molecule has 24 heavy (non-hydrogen) atoms. The summed E-state index contributed by atoms with van der Waals surface area (Å²) in [4.78, 5) is 15.6. The fraction of sp³-hybridized carbons (Fsp3) is 0.118. The number of amides is 1. The molecule has 0 bridgehead atoms. The summed E-state index contributed by atoms with van der Waals surface area (Å²) in [6.45, 7) is 1.88. The number of fused-ring (bicyclic) bond motifs is 2. The number of benzene rings is 1. The quantitative estimate of drug-likeness (QED) is 0.601. The van der Waals surface area contributed by atoms with E-state index >= 15 is 0 Å². The number of carbonyl (C=O) groups is 1. The molecule has 2 N–H and O–H groups in total. The maximum absolute atomic E-state index is 12.5. The monoisotopic (exact) mass is 339 g/mol. The van der Waals surface area contributed by atoms with Crippen LogP contribution in [0.25, 0.3) is 16.6 Å². The minimum absolute atomic E-state index is 0.206. The zero-order chi connectivity index (χ0) is 16.7. The number of aromatic amines is 1. The number of hydrogen-bond donors (Lipinski definition) is 2. The summed E-state index contributed by atoms with van der Waals surface area (Å²) in [6.07, 6.45) is 1.87. The number of nitrogens with zero attached hydrogens (tertiary/aromatic N) is 3. The van der Waals surface area contributed by atoms with Crippen molar-refractivity contribution in [3.63, 3.8) is 0 Å². The van der Waals surface area contributed by atoms with Crippen LogP contribution in [0.1, 0.15) is 29.3 Å². The minimum atomic E-state index is -0.287. The average Bonchev–Trinajstić information content (AvgIpc) is 3.18. The van der Waals surface area contributed by atoms with Gasteiger partial charge in [-0.25, -0.2) is 0 Å². The predicted molar refractivity (Wildman–Crippen MR) is 92.2 cm³/mol. The van der Waals surface area contributed by atoms with Crippen LogP contribution >= 0.6 is 11.6 Å². The molecule has 1 unspecified atom stereocenters. The Morgan fingerprint density at radius 1 is 1.25 bits per heavy atom. The molecule has 0 aliphatic rings. The lowest BCUT2D eigenvalue weighted by atomic mass is 10.2. The summed E-state index contributed by atoms with van der Waals surface area (Å²) in [6, 6.07) is 12.6. The largest absolute Gasteiger partial charge is 0.351 e. The molecule has 0 fully saturated rings. The van der Waals surface area contributed by atoms with Gasteiger partial charge in [0.25, 0.3) is 5.91 Å². The second-order valence-corrected chi connectivity index (χ2v) is 6.03. The molecule has 3 aromatic heterocycles. The average molecular weight is 340 g/mol. The van der Waals surface area contributed by atoms with Gasteiger partial charge in [0.2, 0.25) is 0 Å². The smallest absolute Gasteiger partial charge is 0.268 e. The van der Waals surface area contributed by atoms with Crippen LogP contribution in [0.4, 0.5) is 0 Å². The maximum atomic E-state index is 12.5. The molecule has 4 rings (SSSR count). The first kappa shape index (κ1) is 14.7. The lowest BCUT2D eigenvalue weighted by molar-refractivity contribution is 0.0934. The molecule has 0 spiro atoms. The van der Waals surface area contributed by atoms with Crippen LogP contribution in [0.2, 0.25) is 5.02 Å². The Morgan fingerprint density at radius 3 is 3.00 bits per heavy atom. The second kappa shape index (κ2) is 5.65. The van der Waals surface area contributed by atoms with Gasteiger partial charge in [0.15, 0.2) is 11.5 Å². The van der Waals surface area contributed by atoms with Crippen molar-refractivity contribution < 1.29 is 4.79 Å². The fourth-order valence-electron chi connectivity index (χ4n) is 2.72. The van der Waals surface area contributed by atoms with Crippen molar-refractivity contribution in [2.75, 3.05) is 0 Å². The van der Waals surface area contributed by atoms with Gasteiger partial charge in [-0.2, -0.15) is 0 Å². The third-order valence-electron chi connectivity index (χ3n) is 3.90. The highest BCUT2D eigenvalue weighted by atomic mass is 35.5. The summed E-state index contributed by atoms with van der Waals surface area (Å²) in [5, 5.41) is 12.7. The standard InChI is InChI=1S/C17H14ClN5O/c1-10(16-22-21-15-4-2-3-7-23(15)16)19-17(24)14-9-11-8-12(18)5-6-13(11)20-14/h2-10,20H,1H3,(H,19,24). The zero-order valence-corrected chi connectivity index (χ0v) is 13.6. The number of nitrogens with one attached hydrogen (secondary N) is 2. The van der Waals surface area contributed by atoms with E-state index in [9.17, 15) is 4.79 Å². The molecule has 0 aliphatic heterocycles. The molecule has 0 radical (unpaired) electrons. The molecular weight excluding hydrogens is 326 g/mol. The summed E-state index contributed by atoms with van der Waals surface area (Å²) >= 11 is 5.98. The summed E-state index contributed by atoms with van der Waals surface area (Å²) in [5.74, 6) is 0.473. The normalized spacial score (nSPS) is 12.6. The Labute approximate surface area is 142 Å². The van der Waals surface area contributed by atoms with E-state index in [4.69, 9.17) is 11.6 Å². The SMILES string of the molecule is CC(NC(=O)c1cc2cc(Cl)ccc2[nH]1)c1nnc2ccccn12. The summed E-state index contributed by atoms with van der Waals surface area (Å²) < 4.78 is 1.86. The lowest BCUT2D eigenvalue weighted by Gasteiger charge is -2.11. The second-order valence-electron chi connectivity index (χ2n) is 5.60. The van der Waals surface area contributed by atoms with Gasteiger partial charge in [-0.15, -0.1) is 10.2 Å². The van der Waals surface area contributed by atoms with Gasteiger partial charge in [-0.1, -0.05) is 17.7 Å². The lowest BCUT2D eigenvalue weighted by Crippen LogP contribution is -2.28. The van der Waals surface area contributed by atoms with Gasteiger partial charge < -0.3 is 10.3 Å². The topological polar surface area (TPSA) is 75.1 Å². The van der Waals surface area contributed by atoms with Gasteiger partial charge in [-0.05, 0) is 43.3 Å². The fourth-order valence-corrected chi connectivity index (χ4v) is 2.90. The first-order valence-electron chi connectivity index (χ1n) is 7.50. The number of rotatable bonds is 3. The maximum Gasteiger partial charge on any atom is 0.268 e. The molecule has 1 amide bonds. The molecular formula is C17H14ClN5O. The minimum Gasteiger partial charge on any atom is -0.351 e. The molecule has 3 heterocycles. The number of halogens is 1. The van der Waals surface area contributed by atoms with Crippen molar-refractivity contribution in [3.05, 3.63) is 65.2 Å². The third kappa shape index (κ3) is 2.51. The molecule has 7 heteroatoms. The Hall–Kier alpha value is -2.86. The van der Waals surface area contributed by atoms with E-state index in [0.717, 1.165) is 16.6 Å². The van der Waals surface area contributed by atoms with Crippen molar-refractivity contribution >= 4 is 34.1 Å². The van der Waals surface area contributed by atoms with Crippen molar-refractivity contribution in [3.8, 4) is 0 Å². The van der Waals surface area contributed by atoms with Gasteiger partial charge in [0, 0.05) is 22.1 Å². The third-order valence-corrected chi connectivity index (χ3v) is 4.14. The van der Waals surface area contributed by atoms with E-state index in [2.05, 4.69) is 20.5 Å². The van der Waals surface area contributed by atoms with Gasteiger partial charge in [-0.3, -0.25) is 9.20 Å². The Morgan fingerprint density at radius 2 is 2.12 bits per heavy atom. The summed E-state index contributed by atoms with van der Waals surface area (Å²) in [5.41, 5.74) is 2.09. The van der Waals surface area contributed by atoms with Crippen LogP contribution in [-0.2, 0) is 0 Å². The number of hydrogen-bond acceptors (Lipinski definition) is 3. The number of H-pyrrole nitrogens is 1. The molecule has 4 aromatic rings. The van der Waals surface area contributed by atoms with Gasteiger partial charge in [0.05, 0.1) is 6.04 Å². The molecule has 120 valence electrons. The first-order chi connectivity index (χ1) is 11.6. The van der Waals surface area contributed by atoms with E-state index in [1.165, 1.54) is 0 Å². The molecule has 1 aromatic carbocycles. The van der Waals surface area contributed by atoms with E-state index in [-0.39, 0.29) is 11.9 Å². The van der Waals surface area contributed by atoms with Crippen LogP contribution in [0.5, 0.6) is 0 Å². The molecule has 6 nitrogen and oxygen atoms in total. The van der Waals surface area contributed by atoms with E-state index < -0.39 is 0 Å².